The minimum absolute atomic E-state index is 0.0837. The summed E-state index contributed by atoms with van der Waals surface area (Å²) in [6, 6.07) is 3.33. The van der Waals surface area contributed by atoms with Crippen LogP contribution in [0.2, 0.25) is 0 Å². The molecule has 0 spiro atoms. The van der Waals surface area contributed by atoms with Gasteiger partial charge in [0.25, 0.3) is 0 Å². The number of carbonyl (C=O) groups is 2. The number of carboxylic acids is 1. The molecule has 5 heteroatoms. The Bertz CT molecular complexity index is 398. The van der Waals surface area contributed by atoms with Crippen LogP contribution in [-0.2, 0) is 9.59 Å². The standard InChI is InChI=1S/C11H13NO4/c1-7(9-3-2-4-16-9)12-6-8(11(14)15)5-10(12)13/h2-4,7-8H,5-6H2,1H3,(H,14,15). The summed E-state index contributed by atoms with van der Waals surface area (Å²) in [4.78, 5) is 24.0. The Morgan fingerprint density at radius 3 is 2.94 bits per heavy atom. The number of nitrogens with zero attached hydrogens (tertiary/aromatic N) is 1. The van der Waals surface area contributed by atoms with E-state index in [0.717, 1.165) is 0 Å². The molecule has 1 saturated heterocycles. The fourth-order valence-electron chi connectivity index (χ4n) is 1.95. The molecule has 1 aliphatic heterocycles. The van der Waals surface area contributed by atoms with E-state index >= 15 is 0 Å². The predicted molar refractivity (Wildman–Crippen MR) is 54.6 cm³/mol. The van der Waals surface area contributed by atoms with Gasteiger partial charge in [0.05, 0.1) is 18.2 Å². The summed E-state index contributed by atoms with van der Waals surface area (Å²) in [5, 5.41) is 8.86. The van der Waals surface area contributed by atoms with Crippen LogP contribution >= 0.6 is 0 Å². The maximum Gasteiger partial charge on any atom is 0.308 e. The van der Waals surface area contributed by atoms with Gasteiger partial charge in [0, 0.05) is 13.0 Å². The fourth-order valence-corrected chi connectivity index (χ4v) is 1.95. The highest BCUT2D eigenvalue weighted by molar-refractivity contribution is 5.86. The molecule has 0 aromatic carbocycles. The summed E-state index contributed by atoms with van der Waals surface area (Å²) < 4.78 is 5.21. The second-order valence-electron chi connectivity index (χ2n) is 3.98. The average Bonchev–Trinajstić information content (AvgIpc) is 2.84. The van der Waals surface area contributed by atoms with Gasteiger partial charge in [0.2, 0.25) is 5.91 Å². The Morgan fingerprint density at radius 1 is 1.69 bits per heavy atom. The van der Waals surface area contributed by atoms with E-state index in [4.69, 9.17) is 9.52 Å². The number of hydrogen-bond acceptors (Lipinski definition) is 3. The molecule has 1 aliphatic rings. The largest absolute Gasteiger partial charge is 0.481 e. The molecule has 5 nitrogen and oxygen atoms in total. The first-order chi connectivity index (χ1) is 7.59. The van der Waals surface area contributed by atoms with Gasteiger partial charge in [-0.3, -0.25) is 9.59 Å². The van der Waals surface area contributed by atoms with Gasteiger partial charge in [-0.2, -0.15) is 0 Å². The lowest BCUT2D eigenvalue weighted by Crippen LogP contribution is -2.29. The number of amides is 1. The Kier molecular flexibility index (Phi) is 2.68. The van der Waals surface area contributed by atoms with E-state index in [9.17, 15) is 9.59 Å². The van der Waals surface area contributed by atoms with E-state index in [1.807, 2.05) is 6.92 Å². The molecule has 1 fully saturated rings. The number of aliphatic carboxylic acids is 1. The topological polar surface area (TPSA) is 70.8 Å². The number of rotatable bonds is 3. The molecule has 2 rings (SSSR count). The second kappa shape index (κ2) is 4.00. The van der Waals surface area contributed by atoms with Gasteiger partial charge >= 0.3 is 5.97 Å². The third-order valence-corrected chi connectivity index (χ3v) is 2.93. The molecule has 0 radical (unpaired) electrons. The summed E-state index contributed by atoms with van der Waals surface area (Å²) in [7, 11) is 0. The maximum atomic E-state index is 11.6. The highest BCUT2D eigenvalue weighted by Gasteiger charge is 2.37. The zero-order valence-electron chi connectivity index (χ0n) is 8.92. The summed E-state index contributed by atoms with van der Waals surface area (Å²) in [5.41, 5.74) is 0. The quantitative estimate of drug-likeness (QED) is 0.837. The first-order valence-corrected chi connectivity index (χ1v) is 5.15. The van der Waals surface area contributed by atoms with Crippen molar-refractivity contribution >= 4 is 11.9 Å². The first kappa shape index (κ1) is 10.7. The number of hydrogen-bond donors (Lipinski definition) is 1. The minimum atomic E-state index is -0.914. The molecule has 1 amide bonds. The van der Waals surface area contributed by atoms with Crippen LogP contribution in [0.1, 0.15) is 25.1 Å². The number of carboxylic acid groups (broad SMARTS) is 1. The van der Waals surface area contributed by atoms with Crippen LogP contribution in [0.15, 0.2) is 22.8 Å². The lowest BCUT2D eigenvalue weighted by Gasteiger charge is -2.22. The van der Waals surface area contributed by atoms with Gasteiger partial charge in [-0.1, -0.05) is 0 Å². The van der Waals surface area contributed by atoms with Gasteiger partial charge in [0.15, 0.2) is 0 Å². The molecule has 1 N–H and O–H groups in total. The average molecular weight is 223 g/mol. The third-order valence-electron chi connectivity index (χ3n) is 2.93. The van der Waals surface area contributed by atoms with Gasteiger partial charge in [-0.05, 0) is 19.1 Å². The molecule has 0 aliphatic carbocycles. The van der Waals surface area contributed by atoms with E-state index in [1.165, 1.54) is 0 Å². The van der Waals surface area contributed by atoms with Crippen LogP contribution < -0.4 is 0 Å². The van der Waals surface area contributed by atoms with Crippen LogP contribution in [0.3, 0.4) is 0 Å². The van der Waals surface area contributed by atoms with Crippen molar-refractivity contribution in [1.29, 1.82) is 0 Å². The highest BCUT2D eigenvalue weighted by Crippen LogP contribution is 2.28. The van der Waals surface area contributed by atoms with Crippen molar-refractivity contribution in [2.75, 3.05) is 6.54 Å². The van der Waals surface area contributed by atoms with E-state index in [1.54, 1.807) is 23.3 Å². The monoisotopic (exact) mass is 223 g/mol. The third kappa shape index (κ3) is 1.80. The molecular formula is C11H13NO4. The van der Waals surface area contributed by atoms with Crippen molar-refractivity contribution in [3.63, 3.8) is 0 Å². The zero-order valence-corrected chi connectivity index (χ0v) is 8.92. The van der Waals surface area contributed by atoms with Crippen LogP contribution in [0, 0.1) is 5.92 Å². The minimum Gasteiger partial charge on any atom is -0.481 e. The molecule has 1 aromatic heterocycles. The van der Waals surface area contributed by atoms with Crippen LogP contribution in [0.25, 0.3) is 0 Å². The number of likely N-dealkylation sites (tertiary alicyclic amines) is 1. The Hall–Kier alpha value is -1.78. The first-order valence-electron chi connectivity index (χ1n) is 5.15. The SMILES string of the molecule is CC(c1ccco1)N1CC(C(=O)O)CC1=O. The van der Waals surface area contributed by atoms with Gasteiger partial charge in [-0.15, -0.1) is 0 Å². The maximum absolute atomic E-state index is 11.6. The summed E-state index contributed by atoms with van der Waals surface area (Å²) >= 11 is 0. The van der Waals surface area contributed by atoms with E-state index in [-0.39, 0.29) is 24.9 Å². The van der Waals surface area contributed by atoms with Crippen molar-refractivity contribution in [3.8, 4) is 0 Å². The van der Waals surface area contributed by atoms with E-state index in [0.29, 0.717) is 5.76 Å². The highest BCUT2D eigenvalue weighted by atomic mass is 16.4. The van der Waals surface area contributed by atoms with Crippen LogP contribution in [-0.4, -0.2) is 28.4 Å². The summed E-state index contributed by atoms with van der Waals surface area (Å²) in [5.74, 6) is -0.955. The van der Waals surface area contributed by atoms with Crippen molar-refractivity contribution in [3.05, 3.63) is 24.2 Å². The summed E-state index contributed by atoms with van der Waals surface area (Å²) in [6.07, 6.45) is 1.63. The normalized spacial score (nSPS) is 22.4. The molecule has 1 aromatic rings. The van der Waals surface area contributed by atoms with Crippen molar-refractivity contribution < 1.29 is 19.1 Å². The fraction of sp³-hybridized carbons (Fsp3) is 0.455. The van der Waals surface area contributed by atoms with Crippen molar-refractivity contribution in [2.45, 2.75) is 19.4 Å². The van der Waals surface area contributed by atoms with Crippen molar-refractivity contribution in [2.24, 2.45) is 5.92 Å². The molecule has 16 heavy (non-hydrogen) atoms. The molecule has 0 saturated carbocycles. The zero-order chi connectivity index (χ0) is 11.7. The molecular weight excluding hydrogens is 210 g/mol. The smallest absolute Gasteiger partial charge is 0.308 e. The molecule has 0 bridgehead atoms. The Labute approximate surface area is 92.7 Å². The van der Waals surface area contributed by atoms with Crippen LogP contribution in [0.4, 0.5) is 0 Å². The number of furan rings is 1. The lowest BCUT2D eigenvalue weighted by atomic mass is 10.1. The molecule has 2 atom stereocenters. The van der Waals surface area contributed by atoms with Crippen LogP contribution in [0.5, 0.6) is 0 Å². The van der Waals surface area contributed by atoms with Crippen molar-refractivity contribution in [1.82, 2.24) is 4.90 Å². The van der Waals surface area contributed by atoms with Gasteiger partial charge in [0.1, 0.15) is 5.76 Å². The second-order valence-corrected chi connectivity index (χ2v) is 3.98. The Balaban J connectivity index is 2.11. The molecule has 86 valence electrons. The lowest BCUT2D eigenvalue weighted by molar-refractivity contribution is -0.141. The van der Waals surface area contributed by atoms with Gasteiger partial charge in [-0.25, -0.2) is 0 Å². The summed E-state index contributed by atoms with van der Waals surface area (Å²) in [6.45, 7) is 2.09. The number of carbonyl (C=O) groups excluding carboxylic acids is 1. The Morgan fingerprint density at radius 2 is 2.44 bits per heavy atom. The molecule has 2 heterocycles. The van der Waals surface area contributed by atoms with Gasteiger partial charge < -0.3 is 14.4 Å². The predicted octanol–water partition coefficient (Wildman–Crippen LogP) is 1.27. The van der Waals surface area contributed by atoms with E-state index in [2.05, 4.69) is 0 Å². The van der Waals surface area contributed by atoms with E-state index < -0.39 is 11.9 Å². The molecule has 2 unspecified atom stereocenters.